The van der Waals surface area contributed by atoms with Crippen LogP contribution >= 0.6 is 0 Å². The van der Waals surface area contributed by atoms with Crippen molar-refractivity contribution in [2.45, 2.75) is 51.9 Å². The van der Waals surface area contributed by atoms with Gasteiger partial charge in [0.1, 0.15) is 11.5 Å². The summed E-state index contributed by atoms with van der Waals surface area (Å²) in [6.07, 6.45) is 6.16. The van der Waals surface area contributed by atoms with Crippen LogP contribution in [0.3, 0.4) is 0 Å². The number of carbonyl (C=O) groups is 2. The van der Waals surface area contributed by atoms with Gasteiger partial charge in [0.25, 0.3) is 0 Å². The molecule has 0 saturated carbocycles. The summed E-state index contributed by atoms with van der Waals surface area (Å²) in [5.74, 6) is -0.321. The fraction of sp³-hybridized carbons (Fsp3) is 0.345. The molecule has 2 rings (SSSR count). The molecule has 0 aromatic heterocycles. The Labute approximate surface area is 207 Å². The average Bonchev–Trinajstić information content (AvgIpc) is 2.83. The van der Waals surface area contributed by atoms with E-state index in [4.69, 9.17) is 26.6 Å². The first kappa shape index (κ1) is 27.7. The minimum atomic E-state index is -0.897. The van der Waals surface area contributed by atoms with Crippen LogP contribution in [-0.4, -0.2) is 35.4 Å². The SMILES string of the molecule is [CH]C(C)(c1ccc(OCCCC=C(C)C(=O)O)cc1)c1ccc(OCCCC=C(C)C(=O)O)cc1. The molecular weight excluding hydrogens is 444 g/mol. The van der Waals surface area contributed by atoms with Gasteiger partial charge in [0.05, 0.1) is 13.2 Å². The molecule has 6 heteroatoms. The Morgan fingerprint density at radius 1 is 0.771 bits per heavy atom. The van der Waals surface area contributed by atoms with Crippen molar-refractivity contribution in [3.8, 4) is 11.5 Å². The van der Waals surface area contributed by atoms with Crippen LogP contribution in [0.25, 0.3) is 0 Å². The van der Waals surface area contributed by atoms with Gasteiger partial charge in [-0.2, -0.15) is 0 Å². The maximum atomic E-state index is 10.8. The predicted molar refractivity (Wildman–Crippen MR) is 136 cm³/mol. The lowest BCUT2D eigenvalue weighted by Crippen LogP contribution is -2.19. The summed E-state index contributed by atoms with van der Waals surface area (Å²) >= 11 is 0. The zero-order valence-corrected chi connectivity index (χ0v) is 20.6. The van der Waals surface area contributed by atoms with Crippen LogP contribution in [0.1, 0.15) is 57.6 Å². The summed E-state index contributed by atoms with van der Waals surface area (Å²) in [5.41, 5.74) is 1.88. The van der Waals surface area contributed by atoms with Crippen molar-refractivity contribution >= 4 is 11.9 Å². The van der Waals surface area contributed by atoms with Crippen LogP contribution in [0.5, 0.6) is 11.5 Å². The second-order valence-corrected chi connectivity index (χ2v) is 8.62. The predicted octanol–water partition coefficient (Wildman–Crippen LogP) is 6.08. The highest BCUT2D eigenvalue weighted by Gasteiger charge is 2.23. The number of rotatable bonds is 14. The van der Waals surface area contributed by atoms with Gasteiger partial charge < -0.3 is 19.7 Å². The number of hydrogen-bond donors (Lipinski definition) is 2. The molecule has 2 radical (unpaired) electrons. The molecule has 0 bridgehead atoms. The van der Waals surface area contributed by atoms with Crippen LogP contribution in [0.2, 0.25) is 0 Å². The van der Waals surface area contributed by atoms with Gasteiger partial charge in [-0.3, -0.25) is 0 Å². The molecule has 0 saturated heterocycles. The van der Waals surface area contributed by atoms with Gasteiger partial charge in [-0.25, -0.2) is 9.59 Å². The molecule has 0 amide bonds. The van der Waals surface area contributed by atoms with Crippen molar-refractivity contribution in [3.63, 3.8) is 0 Å². The lowest BCUT2D eigenvalue weighted by molar-refractivity contribution is -0.133. The van der Waals surface area contributed by atoms with Gasteiger partial charge in [0.15, 0.2) is 0 Å². The molecule has 186 valence electrons. The van der Waals surface area contributed by atoms with E-state index >= 15 is 0 Å². The molecule has 0 unspecified atom stereocenters. The highest BCUT2D eigenvalue weighted by molar-refractivity contribution is 5.86. The Morgan fingerprint density at radius 3 is 1.43 bits per heavy atom. The van der Waals surface area contributed by atoms with Crippen molar-refractivity contribution in [1.82, 2.24) is 0 Å². The lowest BCUT2D eigenvalue weighted by Gasteiger charge is -2.26. The van der Waals surface area contributed by atoms with E-state index in [1.165, 1.54) is 0 Å². The second kappa shape index (κ2) is 13.4. The summed E-state index contributed by atoms with van der Waals surface area (Å²) in [7, 11) is 0. The van der Waals surface area contributed by atoms with Crippen LogP contribution in [0.15, 0.2) is 71.8 Å². The van der Waals surface area contributed by atoms with E-state index in [2.05, 4.69) is 0 Å². The summed E-state index contributed by atoms with van der Waals surface area (Å²) in [6.45, 7) is 12.8. The van der Waals surface area contributed by atoms with Crippen LogP contribution in [-0.2, 0) is 15.0 Å². The average molecular weight is 479 g/mol. The number of hydrogen-bond acceptors (Lipinski definition) is 4. The fourth-order valence-corrected chi connectivity index (χ4v) is 3.32. The van der Waals surface area contributed by atoms with Crippen molar-refractivity contribution in [3.05, 3.63) is 89.9 Å². The number of allylic oxidation sites excluding steroid dienone is 2. The summed E-state index contributed by atoms with van der Waals surface area (Å²) < 4.78 is 11.5. The molecular formula is C29H34O6. The molecule has 0 spiro atoms. The van der Waals surface area contributed by atoms with Crippen molar-refractivity contribution in [1.29, 1.82) is 0 Å². The number of carboxylic acids is 2. The monoisotopic (exact) mass is 478 g/mol. The van der Waals surface area contributed by atoms with Crippen LogP contribution in [0, 0.1) is 6.92 Å². The number of benzene rings is 2. The fourth-order valence-electron chi connectivity index (χ4n) is 3.32. The third kappa shape index (κ3) is 8.96. The highest BCUT2D eigenvalue weighted by Crippen LogP contribution is 2.33. The van der Waals surface area contributed by atoms with Gasteiger partial charge >= 0.3 is 11.9 Å². The normalized spacial score (nSPS) is 12.3. The Balaban J connectivity index is 1.85. The van der Waals surface area contributed by atoms with E-state index in [1.807, 2.05) is 55.5 Å². The van der Waals surface area contributed by atoms with E-state index in [0.717, 1.165) is 35.5 Å². The third-order valence-electron chi connectivity index (χ3n) is 5.72. The highest BCUT2D eigenvalue weighted by atomic mass is 16.5. The number of unbranched alkanes of at least 4 members (excludes halogenated alkanes) is 2. The quantitative estimate of drug-likeness (QED) is 0.252. The molecule has 0 aliphatic heterocycles. The number of ether oxygens (including phenoxy) is 2. The first-order chi connectivity index (χ1) is 16.6. The molecule has 2 N–H and O–H groups in total. The van der Waals surface area contributed by atoms with Gasteiger partial charge in [0.2, 0.25) is 0 Å². The summed E-state index contributed by atoms with van der Waals surface area (Å²) in [5, 5.41) is 17.7. The van der Waals surface area contributed by atoms with Gasteiger partial charge in [-0.15, -0.1) is 0 Å². The van der Waals surface area contributed by atoms with E-state index < -0.39 is 17.4 Å². The lowest BCUT2D eigenvalue weighted by atomic mass is 9.78. The molecule has 6 nitrogen and oxygen atoms in total. The van der Waals surface area contributed by atoms with E-state index in [1.54, 1.807) is 26.0 Å². The maximum absolute atomic E-state index is 10.8. The number of carboxylic acid groups (broad SMARTS) is 2. The van der Waals surface area contributed by atoms with Gasteiger partial charge in [-0.05, 0) is 81.8 Å². The van der Waals surface area contributed by atoms with E-state index in [-0.39, 0.29) is 0 Å². The molecule has 0 atom stereocenters. The van der Waals surface area contributed by atoms with Gasteiger partial charge in [0, 0.05) is 16.6 Å². The molecule has 0 heterocycles. The largest absolute Gasteiger partial charge is 0.494 e. The first-order valence-electron chi connectivity index (χ1n) is 11.7. The van der Waals surface area contributed by atoms with Crippen molar-refractivity contribution in [2.24, 2.45) is 0 Å². The van der Waals surface area contributed by atoms with Crippen molar-refractivity contribution < 1.29 is 29.3 Å². The summed E-state index contributed by atoms with van der Waals surface area (Å²) in [6, 6.07) is 15.3. The molecule has 0 aliphatic carbocycles. The molecule has 2 aromatic carbocycles. The summed E-state index contributed by atoms with van der Waals surface area (Å²) in [4.78, 5) is 21.6. The zero-order valence-electron chi connectivity index (χ0n) is 20.6. The molecule has 2 aromatic rings. The minimum Gasteiger partial charge on any atom is -0.494 e. The van der Waals surface area contributed by atoms with Gasteiger partial charge in [-0.1, -0.05) is 43.3 Å². The standard InChI is InChI=1S/C29H34O6/c1-21(27(30)31)9-5-7-19-34-25-15-11-23(12-16-25)29(3,4)24-13-17-26(18-14-24)35-20-8-6-10-22(2)28(32)33/h3,9-18H,5-8,19-20H2,1-2,4H3,(H,30,31)(H,32,33). The zero-order chi connectivity index (χ0) is 25.8. The maximum Gasteiger partial charge on any atom is 0.330 e. The number of aliphatic carboxylic acids is 2. The first-order valence-corrected chi connectivity index (χ1v) is 11.7. The smallest absolute Gasteiger partial charge is 0.330 e. The van der Waals surface area contributed by atoms with Crippen molar-refractivity contribution in [2.75, 3.05) is 13.2 Å². The van der Waals surface area contributed by atoms with Crippen LogP contribution in [0.4, 0.5) is 0 Å². The van der Waals surface area contributed by atoms with E-state index in [0.29, 0.717) is 37.2 Å². The Morgan fingerprint density at radius 2 is 1.11 bits per heavy atom. The van der Waals surface area contributed by atoms with E-state index in [9.17, 15) is 9.59 Å². The van der Waals surface area contributed by atoms with Crippen LogP contribution < -0.4 is 9.47 Å². The Bertz CT molecular complexity index is 946. The minimum absolute atomic E-state index is 0.344. The topological polar surface area (TPSA) is 93.1 Å². The third-order valence-corrected chi connectivity index (χ3v) is 5.72. The molecule has 35 heavy (non-hydrogen) atoms. The molecule has 0 aliphatic rings. The Hall–Kier alpha value is -3.54. The second-order valence-electron chi connectivity index (χ2n) is 8.62. The Kier molecular flexibility index (Phi) is 10.6. The molecule has 0 fully saturated rings.